The zero-order valence-corrected chi connectivity index (χ0v) is 14.1. The number of hydrogen-bond donors (Lipinski definition) is 1. The van der Waals surface area contributed by atoms with Crippen molar-refractivity contribution in [1.29, 1.82) is 5.26 Å². The van der Waals surface area contributed by atoms with Gasteiger partial charge in [0.05, 0.1) is 12.3 Å². The van der Waals surface area contributed by atoms with E-state index in [0.717, 1.165) is 27.6 Å². The Kier molecular flexibility index (Phi) is 4.45. The average molecular weight is 337 g/mol. The molecule has 0 fully saturated rings. The summed E-state index contributed by atoms with van der Waals surface area (Å²) >= 11 is 1.52. The van der Waals surface area contributed by atoms with Crippen molar-refractivity contribution in [2.45, 2.75) is 13.8 Å². The Morgan fingerprint density at radius 2 is 2.08 bits per heavy atom. The van der Waals surface area contributed by atoms with Crippen LogP contribution >= 0.6 is 11.3 Å². The standard InChI is InChI=1S/C18H15N3O2S/c1-3-23-14-6-4-12(5-7-14)18-21-16(10-24-18)15-8-13(9-19)17(22)20-11(15)2/h4-8,10H,3H2,1-2H3,(H,20,22). The number of rotatable bonds is 4. The first-order chi connectivity index (χ1) is 11.6. The highest BCUT2D eigenvalue weighted by molar-refractivity contribution is 7.13. The molecule has 2 aromatic heterocycles. The van der Waals surface area contributed by atoms with Gasteiger partial charge in [-0.25, -0.2) is 4.98 Å². The molecule has 1 aromatic carbocycles. The van der Waals surface area contributed by atoms with Crippen LogP contribution in [0.3, 0.4) is 0 Å². The first-order valence-electron chi connectivity index (χ1n) is 7.45. The van der Waals surface area contributed by atoms with Gasteiger partial charge in [-0.05, 0) is 44.2 Å². The monoisotopic (exact) mass is 337 g/mol. The molecule has 5 nitrogen and oxygen atoms in total. The molecule has 0 aliphatic carbocycles. The van der Waals surface area contributed by atoms with Gasteiger partial charge in [-0.1, -0.05) is 0 Å². The van der Waals surface area contributed by atoms with Crippen LogP contribution in [-0.4, -0.2) is 16.6 Å². The van der Waals surface area contributed by atoms with Gasteiger partial charge in [0.25, 0.3) is 5.56 Å². The topological polar surface area (TPSA) is 78.8 Å². The smallest absolute Gasteiger partial charge is 0.266 e. The number of nitrogens with zero attached hydrogens (tertiary/aromatic N) is 2. The number of hydrogen-bond acceptors (Lipinski definition) is 5. The van der Waals surface area contributed by atoms with Gasteiger partial charge >= 0.3 is 0 Å². The summed E-state index contributed by atoms with van der Waals surface area (Å²) in [7, 11) is 0. The molecular formula is C18H15N3O2S. The van der Waals surface area contributed by atoms with Crippen LogP contribution in [0.25, 0.3) is 21.8 Å². The lowest BCUT2D eigenvalue weighted by molar-refractivity contribution is 0.340. The number of aromatic nitrogens is 2. The van der Waals surface area contributed by atoms with Crippen LogP contribution < -0.4 is 10.3 Å². The number of pyridine rings is 1. The first kappa shape index (κ1) is 16.0. The van der Waals surface area contributed by atoms with Gasteiger partial charge in [0.1, 0.15) is 22.4 Å². The fourth-order valence-corrected chi connectivity index (χ4v) is 3.19. The van der Waals surface area contributed by atoms with Crippen molar-refractivity contribution in [1.82, 2.24) is 9.97 Å². The van der Waals surface area contributed by atoms with Gasteiger partial charge in [0, 0.05) is 22.2 Å². The van der Waals surface area contributed by atoms with Crippen LogP contribution in [0.2, 0.25) is 0 Å². The molecule has 0 atom stereocenters. The maximum Gasteiger partial charge on any atom is 0.266 e. The van der Waals surface area contributed by atoms with Crippen LogP contribution in [0.4, 0.5) is 0 Å². The number of ether oxygens (including phenoxy) is 1. The van der Waals surface area contributed by atoms with Gasteiger partial charge < -0.3 is 9.72 Å². The summed E-state index contributed by atoms with van der Waals surface area (Å²) in [6, 6.07) is 11.3. The number of nitrogens with one attached hydrogen (secondary N) is 1. The Labute approximate surface area is 143 Å². The quantitative estimate of drug-likeness (QED) is 0.786. The largest absolute Gasteiger partial charge is 0.494 e. The molecule has 0 aliphatic rings. The number of H-pyrrole nitrogens is 1. The lowest BCUT2D eigenvalue weighted by Gasteiger charge is -2.04. The zero-order valence-electron chi connectivity index (χ0n) is 13.3. The van der Waals surface area contributed by atoms with Gasteiger partial charge in [0.15, 0.2) is 0 Å². The van der Waals surface area contributed by atoms with E-state index in [1.165, 1.54) is 11.3 Å². The minimum atomic E-state index is -0.374. The van der Waals surface area contributed by atoms with E-state index in [9.17, 15) is 4.79 Å². The molecule has 120 valence electrons. The molecule has 0 aliphatic heterocycles. The molecule has 3 aromatic rings. The van der Waals surface area contributed by atoms with Crippen LogP contribution in [0.5, 0.6) is 5.75 Å². The van der Waals surface area contributed by atoms with Crippen molar-refractivity contribution < 1.29 is 4.74 Å². The SMILES string of the molecule is CCOc1ccc(-c2nc(-c3cc(C#N)c(=O)[nH]c3C)cs2)cc1. The van der Waals surface area contributed by atoms with Gasteiger partial charge in [-0.3, -0.25) is 4.79 Å². The fraction of sp³-hybridized carbons (Fsp3) is 0.167. The lowest BCUT2D eigenvalue weighted by atomic mass is 10.1. The summed E-state index contributed by atoms with van der Waals surface area (Å²) in [4.78, 5) is 19.0. The Bertz CT molecular complexity index is 965. The zero-order chi connectivity index (χ0) is 17.1. The third-order valence-electron chi connectivity index (χ3n) is 3.55. The molecule has 0 saturated carbocycles. The van der Waals surface area contributed by atoms with Crippen molar-refractivity contribution in [2.75, 3.05) is 6.61 Å². The number of aromatic amines is 1. The van der Waals surface area contributed by atoms with Crippen LogP contribution in [0.15, 0.2) is 40.5 Å². The molecule has 2 heterocycles. The molecule has 0 spiro atoms. The van der Waals surface area contributed by atoms with Crippen LogP contribution in [0.1, 0.15) is 18.2 Å². The van der Waals surface area contributed by atoms with Crippen molar-refractivity contribution in [3.8, 4) is 33.6 Å². The molecule has 3 rings (SSSR count). The highest BCUT2D eigenvalue weighted by atomic mass is 32.1. The minimum Gasteiger partial charge on any atom is -0.494 e. The van der Waals surface area contributed by atoms with Gasteiger partial charge in [-0.2, -0.15) is 5.26 Å². The number of nitriles is 1. The highest BCUT2D eigenvalue weighted by Gasteiger charge is 2.12. The predicted octanol–water partition coefficient (Wildman–Crippen LogP) is 3.74. The second-order valence-corrected chi connectivity index (χ2v) is 6.02. The third kappa shape index (κ3) is 3.07. The van der Waals surface area contributed by atoms with Crippen molar-refractivity contribution in [2.24, 2.45) is 0 Å². The number of aryl methyl sites for hydroxylation is 1. The lowest BCUT2D eigenvalue weighted by Crippen LogP contribution is -2.11. The molecule has 0 bridgehead atoms. The van der Waals surface area contributed by atoms with Crippen LogP contribution in [0, 0.1) is 18.3 Å². The van der Waals surface area contributed by atoms with E-state index in [0.29, 0.717) is 12.3 Å². The Morgan fingerprint density at radius 3 is 2.75 bits per heavy atom. The summed E-state index contributed by atoms with van der Waals surface area (Å²) < 4.78 is 5.44. The van der Waals surface area contributed by atoms with Crippen molar-refractivity contribution in [3.05, 3.63) is 57.3 Å². The molecule has 1 N–H and O–H groups in total. The van der Waals surface area contributed by atoms with E-state index in [4.69, 9.17) is 10.00 Å². The molecule has 0 saturated heterocycles. The van der Waals surface area contributed by atoms with E-state index in [-0.39, 0.29) is 11.1 Å². The maximum absolute atomic E-state index is 11.7. The second-order valence-electron chi connectivity index (χ2n) is 5.16. The molecular weight excluding hydrogens is 322 g/mol. The normalized spacial score (nSPS) is 10.4. The number of thiazole rings is 1. The molecule has 0 amide bonds. The summed E-state index contributed by atoms with van der Waals surface area (Å²) in [5, 5.41) is 11.8. The highest BCUT2D eigenvalue weighted by Crippen LogP contribution is 2.30. The van der Waals surface area contributed by atoms with E-state index in [1.54, 1.807) is 13.0 Å². The van der Waals surface area contributed by atoms with Gasteiger partial charge in [0.2, 0.25) is 0 Å². The van der Waals surface area contributed by atoms with Crippen LogP contribution in [-0.2, 0) is 0 Å². The third-order valence-corrected chi connectivity index (χ3v) is 4.44. The van der Waals surface area contributed by atoms with Gasteiger partial charge in [-0.15, -0.1) is 11.3 Å². The molecule has 6 heteroatoms. The summed E-state index contributed by atoms with van der Waals surface area (Å²) in [6.45, 7) is 4.38. The summed E-state index contributed by atoms with van der Waals surface area (Å²) in [5.41, 5.74) is 2.92. The number of benzene rings is 1. The summed E-state index contributed by atoms with van der Waals surface area (Å²) in [5.74, 6) is 0.827. The van der Waals surface area contributed by atoms with E-state index < -0.39 is 0 Å². The maximum atomic E-state index is 11.7. The predicted molar refractivity (Wildman–Crippen MR) is 94.2 cm³/mol. The molecule has 24 heavy (non-hydrogen) atoms. The molecule has 0 unspecified atom stereocenters. The minimum absolute atomic E-state index is 0.0891. The Morgan fingerprint density at radius 1 is 1.33 bits per heavy atom. The molecule has 0 radical (unpaired) electrons. The Balaban J connectivity index is 1.96. The summed E-state index contributed by atoms with van der Waals surface area (Å²) in [6.07, 6.45) is 0. The average Bonchev–Trinajstić information content (AvgIpc) is 3.06. The Hall–Kier alpha value is -2.91. The fourth-order valence-electron chi connectivity index (χ4n) is 2.36. The van der Waals surface area contributed by atoms with E-state index in [2.05, 4.69) is 9.97 Å². The van der Waals surface area contributed by atoms with E-state index in [1.807, 2.05) is 42.6 Å². The van der Waals surface area contributed by atoms with Crippen molar-refractivity contribution >= 4 is 11.3 Å². The van der Waals surface area contributed by atoms with Crippen molar-refractivity contribution in [3.63, 3.8) is 0 Å². The van der Waals surface area contributed by atoms with E-state index >= 15 is 0 Å². The first-order valence-corrected chi connectivity index (χ1v) is 8.33. The second kappa shape index (κ2) is 6.69.